The first kappa shape index (κ1) is 22.7. The number of esters is 1. The molecule has 0 bridgehead atoms. The molecule has 0 radical (unpaired) electrons. The van der Waals surface area contributed by atoms with Gasteiger partial charge in [-0.25, -0.2) is 8.42 Å². The number of hydrogen-bond donors (Lipinski definition) is 0. The summed E-state index contributed by atoms with van der Waals surface area (Å²) >= 11 is 0. The monoisotopic (exact) mass is 448 g/mol. The fourth-order valence-corrected chi connectivity index (χ4v) is 4.81. The van der Waals surface area contributed by atoms with Crippen LogP contribution in [-0.2, 0) is 26.2 Å². The molecular weight excluding hydrogens is 424 g/mol. The Morgan fingerprint density at radius 1 is 1.10 bits per heavy atom. The predicted octanol–water partition coefficient (Wildman–Crippen LogP) is 3.14. The quantitative estimate of drug-likeness (QED) is 0.346. The van der Waals surface area contributed by atoms with E-state index in [1.165, 1.54) is 40.7 Å². The molecule has 1 aliphatic heterocycles. The average Bonchev–Trinajstić information content (AvgIpc) is 2.78. The maximum Gasteiger partial charge on any atom is 0.309 e. The number of nitro benzene ring substituents is 1. The minimum absolute atomic E-state index is 0.0154. The van der Waals surface area contributed by atoms with Crippen molar-refractivity contribution in [3.8, 4) is 5.75 Å². The van der Waals surface area contributed by atoms with Gasteiger partial charge in [0, 0.05) is 25.2 Å². The molecule has 9 nitrogen and oxygen atoms in total. The third kappa shape index (κ3) is 5.59. The number of nitrogens with zero attached hydrogens (tertiary/aromatic N) is 2. The second-order valence-electron chi connectivity index (χ2n) is 7.11. The van der Waals surface area contributed by atoms with E-state index in [0.29, 0.717) is 30.8 Å². The van der Waals surface area contributed by atoms with E-state index in [4.69, 9.17) is 9.47 Å². The van der Waals surface area contributed by atoms with Gasteiger partial charge in [-0.2, -0.15) is 4.31 Å². The number of carbonyl (C=O) groups excluding carboxylic acids is 1. The minimum Gasteiger partial charge on any atom is -0.494 e. The van der Waals surface area contributed by atoms with E-state index in [-0.39, 0.29) is 36.2 Å². The van der Waals surface area contributed by atoms with Gasteiger partial charge in [0.25, 0.3) is 5.69 Å². The van der Waals surface area contributed by atoms with Gasteiger partial charge in [0.2, 0.25) is 10.0 Å². The Morgan fingerprint density at radius 3 is 2.26 bits per heavy atom. The molecule has 0 atom stereocenters. The summed E-state index contributed by atoms with van der Waals surface area (Å²) in [5.74, 6) is -0.169. The molecule has 0 N–H and O–H groups in total. The van der Waals surface area contributed by atoms with Crippen molar-refractivity contribution in [2.75, 3.05) is 19.7 Å². The second kappa shape index (κ2) is 9.88. The van der Waals surface area contributed by atoms with E-state index in [1.807, 2.05) is 6.92 Å². The van der Waals surface area contributed by atoms with Crippen molar-refractivity contribution in [3.05, 3.63) is 64.2 Å². The summed E-state index contributed by atoms with van der Waals surface area (Å²) < 4.78 is 37.7. The molecule has 1 aliphatic rings. The summed E-state index contributed by atoms with van der Waals surface area (Å²) in [6, 6.07) is 12.1. The van der Waals surface area contributed by atoms with Gasteiger partial charge in [-0.05, 0) is 61.7 Å². The van der Waals surface area contributed by atoms with E-state index in [2.05, 4.69) is 0 Å². The lowest BCUT2D eigenvalue weighted by Gasteiger charge is -2.30. The van der Waals surface area contributed by atoms with Gasteiger partial charge in [-0.15, -0.1) is 0 Å². The summed E-state index contributed by atoms with van der Waals surface area (Å²) in [4.78, 5) is 22.7. The molecule has 0 spiro atoms. The van der Waals surface area contributed by atoms with Crippen molar-refractivity contribution in [3.63, 3.8) is 0 Å². The Labute approximate surface area is 180 Å². The van der Waals surface area contributed by atoms with Gasteiger partial charge in [-0.1, -0.05) is 0 Å². The lowest BCUT2D eigenvalue weighted by atomic mass is 9.98. The molecule has 2 aromatic carbocycles. The van der Waals surface area contributed by atoms with Gasteiger partial charge in [-0.3, -0.25) is 14.9 Å². The van der Waals surface area contributed by atoms with Crippen LogP contribution in [0.5, 0.6) is 5.75 Å². The molecule has 0 aliphatic carbocycles. The zero-order valence-corrected chi connectivity index (χ0v) is 17.9. The number of nitro groups is 1. The molecule has 31 heavy (non-hydrogen) atoms. The summed E-state index contributed by atoms with van der Waals surface area (Å²) in [7, 11) is -3.64. The van der Waals surface area contributed by atoms with Crippen LogP contribution in [0.2, 0.25) is 0 Å². The summed E-state index contributed by atoms with van der Waals surface area (Å²) in [6.07, 6.45) is 0.741. The van der Waals surface area contributed by atoms with Crippen LogP contribution in [0.1, 0.15) is 25.3 Å². The fraction of sp³-hybridized carbons (Fsp3) is 0.381. The molecule has 0 saturated carbocycles. The zero-order valence-electron chi connectivity index (χ0n) is 17.1. The highest BCUT2D eigenvalue weighted by atomic mass is 32.2. The molecule has 0 aromatic heterocycles. The summed E-state index contributed by atoms with van der Waals surface area (Å²) in [5.41, 5.74) is 0.616. The molecular formula is C21H24N2O7S. The number of piperidine rings is 1. The fourth-order valence-electron chi connectivity index (χ4n) is 3.34. The number of non-ortho nitro benzene ring substituents is 1. The Balaban J connectivity index is 1.52. The molecule has 0 amide bonds. The normalized spacial score (nSPS) is 15.4. The van der Waals surface area contributed by atoms with Crippen molar-refractivity contribution in [2.24, 2.45) is 5.92 Å². The molecule has 1 saturated heterocycles. The van der Waals surface area contributed by atoms with Crippen LogP contribution in [0.15, 0.2) is 53.4 Å². The van der Waals surface area contributed by atoms with Crippen molar-refractivity contribution in [1.82, 2.24) is 4.31 Å². The SMILES string of the molecule is CCOc1ccc(S(=O)(=O)N2CCC(C(=O)OCc3ccc([N+](=O)[O-])cc3)CC2)cc1. The van der Waals surface area contributed by atoms with E-state index >= 15 is 0 Å². The lowest BCUT2D eigenvalue weighted by molar-refractivity contribution is -0.384. The lowest BCUT2D eigenvalue weighted by Crippen LogP contribution is -2.40. The van der Waals surface area contributed by atoms with Crippen LogP contribution in [0.3, 0.4) is 0 Å². The van der Waals surface area contributed by atoms with Crippen LogP contribution in [0, 0.1) is 16.0 Å². The van der Waals surface area contributed by atoms with Crippen LogP contribution in [-0.4, -0.2) is 43.3 Å². The molecule has 0 unspecified atom stereocenters. The standard InChI is InChI=1S/C21H24N2O7S/c1-2-29-19-7-9-20(10-8-19)31(27,28)22-13-11-17(12-14-22)21(24)30-15-16-3-5-18(6-4-16)23(25)26/h3-10,17H,2,11-15H2,1H3. The number of rotatable bonds is 8. The van der Waals surface area contributed by atoms with E-state index in [1.54, 1.807) is 12.1 Å². The third-order valence-corrected chi connectivity index (χ3v) is 7.00. The topological polar surface area (TPSA) is 116 Å². The van der Waals surface area contributed by atoms with Gasteiger partial charge in [0.15, 0.2) is 0 Å². The number of ether oxygens (including phenoxy) is 2. The maximum atomic E-state index is 12.8. The smallest absolute Gasteiger partial charge is 0.309 e. The molecule has 1 heterocycles. The van der Waals surface area contributed by atoms with Gasteiger partial charge >= 0.3 is 5.97 Å². The molecule has 10 heteroatoms. The van der Waals surface area contributed by atoms with Crippen LogP contribution in [0.25, 0.3) is 0 Å². The van der Waals surface area contributed by atoms with Crippen molar-refractivity contribution >= 4 is 21.7 Å². The maximum absolute atomic E-state index is 12.8. The van der Waals surface area contributed by atoms with Crippen LogP contribution >= 0.6 is 0 Å². The Bertz CT molecular complexity index is 1010. The Morgan fingerprint density at radius 2 is 1.71 bits per heavy atom. The van der Waals surface area contributed by atoms with Gasteiger partial charge in [0.05, 0.1) is 22.3 Å². The van der Waals surface area contributed by atoms with E-state index in [9.17, 15) is 23.3 Å². The number of carbonyl (C=O) groups is 1. The third-order valence-electron chi connectivity index (χ3n) is 5.09. The highest BCUT2D eigenvalue weighted by Crippen LogP contribution is 2.26. The highest BCUT2D eigenvalue weighted by Gasteiger charge is 2.32. The first-order chi connectivity index (χ1) is 14.8. The number of benzene rings is 2. The largest absolute Gasteiger partial charge is 0.494 e. The van der Waals surface area contributed by atoms with Crippen molar-refractivity contribution < 1.29 is 27.6 Å². The van der Waals surface area contributed by atoms with Crippen LogP contribution in [0.4, 0.5) is 5.69 Å². The van der Waals surface area contributed by atoms with E-state index in [0.717, 1.165) is 0 Å². The first-order valence-corrected chi connectivity index (χ1v) is 11.4. The predicted molar refractivity (Wildman–Crippen MR) is 112 cm³/mol. The first-order valence-electron chi connectivity index (χ1n) is 9.94. The van der Waals surface area contributed by atoms with Gasteiger partial charge in [0.1, 0.15) is 12.4 Å². The zero-order chi connectivity index (χ0) is 22.4. The van der Waals surface area contributed by atoms with Gasteiger partial charge < -0.3 is 9.47 Å². The minimum atomic E-state index is -3.64. The van der Waals surface area contributed by atoms with E-state index < -0.39 is 20.9 Å². The number of sulfonamides is 1. The molecule has 166 valence electrons. The Kier molecular flexibility index (Phi) is 7.24. The molecule has 2 aromatic rings. The second-order valence-corrected chi connectivity index (χ2v) is 9.05. The average molecular weight is 448 g/mol. The number of hydrogen-bond acceptors (Lipinski definition) is 7. The van der Waals surface area contributed by atoms with Crippen molar-refractivity contribution in [1.29, 1.82) is 0 Å². The highest BCUT2D eigenvalue weighted by molar-refractivity contribution is 7.89. The molecule has 1 fully saturated rings. The molecule has 3 rings (SSSR count). The van der Waals surface area contributed by atoms with Crippen LogP contribution < -0.4 is 4.74 Å². The summed E-state index contributed by atoms with van der Waals surface area (Å²) in [5, 5.41) is 10.7. The Hall–Kier alpha value is -2.98. The van der Waals surface area contributed by atoms with Crippen molar-refractivity contribution in [2.45, 2.75) is 31.3 Å². The summed E-state index contributed by atoms with van der Waals surface area (Å²) in [6.45, 7) is 2.83.